The Hall–Kier alpha value is -1.51. The van der Waals surface area contributed by atoms with Crippen LogP contribution in [0.5, 0.6) is 0 Å². The minimum absolute atomic E-state index is 0.778. The number of nitrogens with zero attached hydrogens (tertiary/aromatic N) is 1. The number of hydrogen-bond donors (Lipinski definition) is 1. The summed E-state index contributed by atoms with van der Waals surface area (Å²) in [6, 6.07) is 16.6. The third-order valence-electron chi connectivity index (χ3n) is 3.39. The van der Waals surface area contributed by atoms with Crippen LogP contribution in [0, 0.1) is 0 Å². The zero-order chi connectivity index (χ0) is 14.4. The van der Waals surface area contributed by atoms with Crippen molar-refractivity contribution in [3.63, 3.8) is 0 Å². The Morgan fingerprint density at radius 3 is 2.45 bits per heavy atom. The van der Waals surface area contributed by atoms with Crippen molar-refractivity contribution in [3.8, 4) is 0 Å². The van der Waals surface area contributed by atoms with Crippen LogP contribution in [0.2, 0.25) is 5.02 Å². The fourth-order valence-electron chi connectivity index (χ4n) is 2.37. The van der Waals surface area contributed by atoms with Crippen molar-refractivity contribution in [2.24, 2.45) is 0 Å². The monoisotopic (exact) mass is 288 g/mol. The maximum Gasteiger partial charge on any atom is 0.0471 e. The summed E-state index contributed by atoms with van der Waals surface area (Å²) in [5.41, 5.74) is 3.68. The van der Waals surface area contributed by atoms with Crippen molar-refractivity contribution >= 4 is 17.3 Å². The van der Waals surface area contributed by atoms with E-state index in [0.29, 0.717) is 0 Å². The van der Waals surface area contributed by atoms with E-state index in [0.717, 1.165) is 30.2 Å². The molecule has 3 heteroatoms. The molecule has 1 N–H and O–H groups in total. The molecular formula is C17H21ClN2. The predicted molar refractivity (Wildman–Crippen MR) is 87.4 cm³/mol. The molecule has 0 spiro atoms. The molecule has 0 atom stereocenters. The average Bonchev–Trinajstić information content (AvgIpc) is 2.48. The van der Waals surface area contributed by atoms with Crippen LogP contribution in [-0.4, -0.2) is 13.6 Å². The van der Waals surface area contributed by atoms with E-state index in [2.05, 4.69) is 47.5 Å². The molecule has 0 bridgehead atoms. The van der Waals surface area contributed by atoms with Gasteiger partial charge in [0, 0.05) is 35.9 Å². The van der Waals surface area contributed by atoms with Crippen LogP contribution >= 0.6 is 11.6 Å². The molecule has 2 aromatic rings. The van der Waals surface area contributed by atoms with Crippen molar-refractivity contribution in [2.75, 3.05) is 18.5 Å². The van der Waals surface area contributed by atoms with Crippen molar-refractivity contribution in [1.29, 1.82) is 0 Å². The van der Waals surface area contributed by atoms with Gasteiger partial charge in [-0.1, -0.05) is 48.0 Å². The van der Waals surface area contributed by atoms with E-state index in [4.69, 9.17) is 11.6 Å². The molecule has 0 amide bonds. The molecule has 2 rings (SSSR count). The molecule has 0 fully saturated rings. The molecule has 0 saturated heterocycles. The summed E-state index contributed by atoms with van der Waals surface area (Å²) in [6.45, 7) is 4.80. The summed E-state index contributed by atoms with van der Waals surface area (Å²) >= 11 is 6.35. The van der Waals surface area contributed by atoms with Gasteiger partial charge in [0.05, 0.1) is 0 Å². The summed E-state index contributed by atoms with van der Waals surface area (Å²) in [4.78, 5) is 2.36. The highest BCUT2D eigenvalue weighted by Crippen LogP contribution is 2.28. The number of rotatable bonds is 6. The number of benzene rings is 2. The van der Waals surface area contributed by atoms with Gasteiger partial charge in [0.15, 0.2) is 0 Å². The van der Waals surface area contributed by atoms with Gasteiger partial charge < -0.3 is 10.2 Å². The highest BCUT2D eigenvalue weighted by atomic mass is 35.5. The Bertz CT molecular complexity index is 540. The lowest BCUT2D eigenvalue weighted by Crippen LogP contribution is -2.24. The van der Waals surface area contributed by atoms with Crippen LogP contribution in [0.15, 0.2) is 48.5 Å². The molecule has 0 unspecified atom stereocenters. The van der Waals surface area contributed by atoms with Crippen molar-refractivity contribution in [1.82, 2.24) is 5.32 Å². The van der Waals surface area contributed by atoms with Gasteiger partial charge in [-0.3, -0.25) is 0 Å². The maximum atomic E-state index is 6.35. The summed E-state index contributed by atoms with van der Waals surface area (Å²) < 4.78 is 0. The second-order valence-corrected chi connectivity index (χ2v) is 5.17. The lowest BCUT2D eigenvalue weighted by Gasteiger charge is -2.26. The van der Waals surface area contributed by atoms with Crippen LogP contribution in [0.1, 0.15) is 18.1 Å². The number of nitrogens with one attached hydrogen (secondary N) is 1. The molecule has 0 heterocycles. The van der Waals surface area contributed by atoms with Gasteiger partial charge in [-0.2, -0.15) is 0 Å². The molecule has 0 aliphatic heterocycles. The summed E-state index contributed by atoms with van der Waals surface area (Å²) in [7, 11) is 1.95. The first-order valence-electron chi connectivity index (χ1n) is 6.97. The maximum absolute atomic E-state index is 6.35. The van der Waals surface area contributed by atoms with E-state index >= 15 is 0 Å². The second-order valence-electron chi connectivity index (χ2n) is 4.77. The number of hydrogen-bond acceptors (Lipinski definition) is 2. The van der Waals surface area contributed by atoms with Crippen LogP contribution in [0.25, 0.3) is 0 Å². The number of halogens is 1. The van der Waals surface area contributed by atoms with Crippen LogP contribution in [0.3, 0.4) is 0 Å². The van der Waals surface area contributed by atoms with Gasteiger partial charge in [-0.05, 0) is 31.7 Å². The Balaban J connectivity index is 2.29. The molecular weight excluding hydrogens is 268 g/mol. The lowest BCUT2D eigenvalue weighted by molar-refractivity contribution is 0.785. The molecule has 0 radical (unpaired) electrons. The minimum atomic E-state index is 0.778. The standard InChI is InChI=1S/C17H21ClN2/c1-3-20(13-14-8-5-4-6-9-14)17-11-7-10-16(18)15(17)12-19-2/h4-11,19H,3,12-13H2,1-2H3. The normalized spacial score (nSPS) is 10.6. The molecule has 2 nitrogen and oxygen atoms in total. The van der Waals surface area contributed by atoms with E-state index in [1.807, 2.05) is 25.2 Å². The van der Waals surface area contributed by atoms with Crippen molar-refractivity contribution in [3.05, 3.63) is 64.7 Å². The molecule has 2 aromatic carbocycles. The van der Waals surface area contributed by atoms with Crippen molar-refractivity contribution < 1.29 is 0 Å². The molecule has 20 heavy (non-hydrogen) atoms. The van der Waals surface area contributed by atoms with Crippen LogP contribution < -0.4 is 10.2 Å². The summed E-state index contributed by atoms with van der Waals surface area (Å²) in [5, 5.41) is 4.02. The average molecular weight is 289 g/mol. The van der Waals surface area contributed by atoms with E-state index in [9.17, 15) is 0 Å². The molecule has 0 aromatic heterocycles. The topological polar surface area (TPSA) is 15.3 Å². The predicted octanol–water partition coefficient (Wildman–Crippen LogP) is 4.09. The zero-order valence-electron chi connectivity index (χ0n) is 12.1. The van der Waals surface area contributed by atoms with Gasteiger partial charge in [0.2, 0.25) is 0 Å². The van der Waals surface area contributed by atoms with Gasteiger partial charge in [-0.15, -0.1) is 0 Å². The second kappa shape index (κ2) is 7.32. The third kappa shape index (κ3) is 3.53. The minimum Gasteiger partial charge on any atom is -0.367 e. The lowest BCUT2D eigenvalue weighted by atomic mass is 10.1. The SMILES string of the molecule is CCN(Cc1ccccc1)c1cccc(Cl)c1CNC. The highest BCUT2D eigenvalue weighted by molar-refractivity contribution is 6.31. The Kier molecular flexibility index (Phi) is 5.45. The largest absolute Gasteiger partial charge is 0.367 e. The van der Waals surface area contributed by atoms with Gasteiger partial charge >= 0.3 is 0 Å². The quantitative estimate of drug-likeness (QED) is 0.861. The smallest absolute Gasteiger partial charge is 0.0471 e. The summed E-state index contributed by atoms with van der Waals surface area (Å²) in [6.07, 6.45) is 0. The van der Waals surface area contributed by atoms with E-state index in [-0.39, 0.29) is 0 Å². The van der Waals surface area contributed by atoms with Gasteiger partial charge in [-0.25, -0.2) is 0 Å². The fourth-order valence-corrected chi connectivity index (χ4v) is 2.60. The molecule has 0 aliphatic rings. The Labute approximate surface area is 126 Å². The Morgan fingerprint density at radius 1 is 1.05 bits per heavy atom. The molecule has 0 saturated carbocycles. The van der Waals surface area contributed by atoms with Gasteiger partial charge in [0.1, 0.15) is 0 Å². The van der Waals surface area contributed by atoms with Crippen molar-refractivity contribution in [2.45, 2.75) is 20.0 Å². The molecule has 106 valence electrons. The number of anilines is 1. The first kappa shape index (κ1) is 14.9. The Morgan fingerprint density at radius 2 is 1.80 bits per heavy atom. The van der Waals surface area contributed by atoms with Crippen LogP contribution in [-0.2, 0) is 13.1 Å². The highest BCUT2D eigenvalue weighted by Gasteiger charge is 2.12. The first-order valence-corrected chi connectivity index (χ1v) is 7.35. The molecule has 0 aliphatic carbocycles. The first-order chi connectivity index (χ1) is 9.76. The van der Waals surface area contributed by atoms with E-state index in [1.165, 1.54) is 11.3 Å². The van der Waals surface area contributed by atoms with Crippen LogP contribution in [0.4, 0.5) is 5.69 Å². The fraction of sp³-hybridized carbons (Fsp3) is 0.294. The summed E-state index contributed by atoms with van der Waals surface area (Å²) in [5.74, 6) is 0. The van der Waals surface area contributed by atoms with E-state index < -0.39 is 0 Å². The zero-order valence-corrected chi connectivity index (χ0v) is 12.8. The van der Waals surface area contributed by atoms with E-state index in [1.54, 1.807) is 0 Å². The third-order valence-corrected chi connectivity index (χ3v) is 3.74. The van der Waals surface area contributed by atoms with Gasteiger partial charge in [0.25, 0.3) is 0 Å².